The molecule has 0 spiro atoms. The van der Waals surface area contributed by atoms with Crippen molar-refractivity contribution in [2.45, 2.75) is 34.2 Å². The molecule has 190 valence electrons. The van der Waals surface area contributed by atoms with Gasteiger partial charge in [-0.05, 0) is 0 Å². The van der Waals surface area contributed by atoms with Gasteiger partial charge in [-0.2, -0.15) is 0 Å². The predicted molar refractivity (Wildman–Crippen MR) is 166 cm³/mol. The van der Waals surface area contributed by atoms with E-state index >= 15 is 0 Å². The van der Waals surface area contributed by atoms with Crippen LogP contribution in [0.3, 0.4) is 0 Å². The molecule has 6 rings (SSSR count). The molecule has 0 saturated carbocycles. The maximum Gasteiger partial charge on any atom is 0.0108 e. The van der Waals surface area contributed by atoms with Gasteiger partial charge in [0.25, 0.3) is 0 Å². The van der Waals surface area contributed by atoms with Gasteiger partial charge in [-0.3, -0.25) is 0 Å². The Kier molecular flexibility index (Phi) is 8.53. The molecule has 0 fully saturated rings. The molecule has 3 heteroatoms. The Hall–Kier alpha value is -2.25. The van der Waals surface area contributed by atoms with Crippen molar-refractivity contribution in [1.82, 2.24) is 0 Å². The molecular formula is C35H35ClSiZr. The number of halogens is 1. The quantitative estimate of drug-likeness (QED) is 0.159. The van der Waals surface area contributed by atoms with Crippen LogP contribution in [-0.4, -0.2) is 11.8 Å². The monoisotopic (exact) mass is 608 g/mol. The number of rotatable bonds is 4. The van der Waals surface area contributed by atoms with Crippen molar-refractivity contribution >= 4 is 29.2 Å². The zero-order valence-electron chi connectivity index (χ0n) is 22.9. The van der Waals surface area contributed by atoms with Crippen LogP contribution in [0.15, 0.2) is 108 Å². The Balaban J connectivity index is 0.00000144. The SMILES string of the molecule is CC1=Cc2c(-c3ccccc3)cccc2[CH]1[Zr]([CH]1C(C)=Cc2c(-c3ccccc3)cccc21)=[Si](C)C.CCl. The molecule has 0 amide bonds. The maximum atomic E-state index is 4.64. The fourth-order valence-corrected chi connectivity index (χ4v) is 27.1. The van der Waals surface area contributed by atoms with Crippen LogP contribution in [0.5, 0.6) is 0 Å². The molecular weight excluding hydrogens is 575 g/mol. The molecule has 2 aliphatic carbocycles. The van der Waals surface area contributed by atoms with Gasteiger partial charge in [0.05, 0.1) is 0 Å². The van der Waals surface area contributed by atoms with E-state index in [0.717, 1.165) is 0 Å². The number of alkyl halides is 1. The molecule has 0 N–H and O–H groups in total. The zero-order chi connectivity index (χ0) is 26.8. The fraction of sp³-hybridized carbons (Fsp3) is 0.200. The Labute approximate surface area is 241 Å². The van der Waals surface area contributed by atoms with E-state index in [1.54, 1.807) is 22.3 Å². The van der Waals surface area contributed by atoms with Gasteiger partial charge in [-0.1, -0.05) is 0 Å². The minimum atomic E-state index is -2.04. The molecule has 0 radical (unpaired) electrons. The second-order valence-corrected chi connectivity index (χ2v) is 28.3. The van der Waals surface area contributed by atoms with Gasteiger partial charge in [-0.25, -0.2) is 0 Å². The summed E-state index contributed by atoms with van der Waals surface area (Å²) in [6.07, 6.45) is 6.53. The maximum absolute atomic E-state index is 4.64. The first-order chi connectivity index (χ1) is 18.5. The topological polar surface area (TPSA) is 0 Å². The number of hydrogen-bond donors (Lipinski definition) is 0. The van der Waals surface area contributed by atoms with Crippen LogP contribution in [-0.2, 0) is 20.4 Å². The second kappa shape index (κ2) is 11.9. The summed E-state index contributed by atoms with van der Waals surface area (Å²) in [7, 11) is 0. The molecule has 4 aromatic carbocycles. The normalized spacial score (nSPS) is 17.0. The van der Waals surface area contributed by atoms with Gasteiger partial charge in [0, 0.05) is 6.38 Å². The van der Waals surface area contributed by atoms with Gasteiger partial charge in [0.1, 0.15) is 0 Å². The largest absolute Gasteiger partial charge is 0.130 e. The molecule has 38 heavy (non-hydrogen) atoms. The fourth-order valence-electron chi connectivity index (χ4n) is 6.41. The van der Waals surface area contributed by atoms with Crippen molar-refractivity contribution in [2.75, 3.05) is 6.38 Å². The van der Waals surface area contributed by atoms with Crippen molar-refractivity contribution in [3.05, 3.63) is 130 Å². The zero-order valence-corrected chi connectivity index (χ0v) is 27.1. The predicted octanol–water partition coefficient (Wildman–Crippen LogP) is 10.4. The van der Waals surface area contributed by atoms with Crippen LogP contribution in [0.2, 0.25) is 13.1 Å². The van der Waals surface area contributed by atoms with Crippen molar-refractivity contribution in [3.8, 4) is 22.3 Å². The van der Waals surface area contributed by atoms with E-state index in [9.17, 15) is 0 Å². The first kappa shape index (κ1) is 27.3. The average molecular weight is 610 g/mol. The van der Waals surface area contributed by atoms with Crippen LogP contribution in [0.25, 0.3) is 34.4 Å². The van der Waals surface area contributed by atoms with E-state index in [1.807, 2.05) is 0 Å². The third-order valence-electron chi connectivity index (χ3n) is 7.93. The molecule has 0 heterocycles. The summed E-state index contributed by atoms with van der Waals surface area (Å²) in [5.74, 6) is 0. The number of fused-ring (bicyclic) bond motifs is 2. The molecule has 0 aromatic heterocycles. The van der Waals surface area contributed by atoms with Gasteiger partial charge in [0.2, 0.25) is 0 Å². The molecule has 0 bridgehead atoms. The van der Waals surface area contributed by atoms with E-state index in [4.69, 9.17) is 0 Å². The molecule has 0 saturated heterocycles. The van der Waals surface area contributed by atoms with E-state index in [-0.39, 0.29) is 0 Å². The van der Waals surface area contributed by atoms with E-state index in [1.165, 1.54) is 39.8 Å². The van der Waals surface area contributed by atoms with Crippen LogP contribution in [0, 0.1) is 0 Å². The van der Waals surface area contributed by atoms with E-state index < -0.39 is 25.8 Å². The minimum absolute atomic E-state index is 0.426. The number of hydrogen-bond acceptors (Lipinski definition) is 0. The van der Waals surface area contributed by atoms with Crippen molar-refractivity contribution in [1.29, 1.82) is 0 Å². The molecule has 2 atom stereocenters. The Morgan fingerprint density at radius 2 is 0.947 bits per heavy atom. The van der Waals surface area contributed by atoms with Crippen molar-refractivity contribution in [3.63, 3.8) is 0 Å². The smallest absolute Gasteiger partial charge is 0.0108 e. The summed E-state index contributed by atoms with van der Waals surface area (Å²) >= 11 is 2.60. The summed E-state index contributed by atoms with van der Waals surface area (Å²) in [5.41, 5.74) is 14.4. The summed E-state index contributed by atoms with van der Waals surface area (Å²) in [5, 5.41) is 0. The summed E-state index contributed by atoms with van der Waals surface area (Å²) in [6, 6.07) is 36.0. The first-order valence-corrected chi connectivity index (χ1v) is 23.1. The Bertz CT molecular complexity index is 1450. The van der Waals surface area contributed by atoms with Gasteiger partial charge in [-0.15, -0.1) is 11.6 Å². The third kappa shape index (κ3) is 4.92. The van der Waals surface area contributed by atoms with Gasteiger partial charge >= 0.3 is 225 Å². The van der Waals surface area contributed by atoms with Crippen LogP contribution < -0.4 is 0 Å². The molecule has 4 aromatic rings. The van der Waals surface area contributed by atoms with Gasteiger partial charge in [0.15, 0.2) is 0 Å². The van der Waals surface area contributed by atoms with Crippen molar-refractivity contribution in [2.24, 2.45) is 0 Å². The molecule has 0 nitrogen and oxygen atoms in total. The molecule has 2 unspecified atom stereocenters. The van der Waals surface area contributed by atoms with Crippen LogP contribution in [0.1, 0.15) is 43.4 Å². The first-order valence-electron chi connectivity index (χ1n) is 13.3. The molecule has 0 aliphatic heterocycles. The Morgan fingerprint density at radius 3 is 1.32 bits per heavy atom. The Morgan fingerprint density at radius 1 is 0.553 bits per heavy atom. The summed E-state index contributed by atoms with van der Waals surface area (Å²) in [4.78, 5) is 0. The van der Waals surface area contributed by atoms with Crippen LogP contribution in [0.4, 0.5) is 0 Å². The average Bonchev–Trinajstić information content (AvgIpc) is 3.46. The third-order valence-corrected chi connectivity index (χ3v) is 27.8. The van der Waals surface area contributed by atoms with Crippen LogP contribution >= 0.6 is 11.6 Å². The van der Waals surface area contributed by atoms with E-state index in [0.29, 0.717) is 7.25 Å². The standard InChI is InChI=1S/2C16H13.C2H6Si.CH3Cl.Zr/c2*1-12-10-14-8-5-9-15(16(14)11-12)13-6-3-2-4-7-13;1-3-2;1-2;/h2*2-11H,1H3;1-2H3;1H3;. The van der Waals surface area contributed by atoms with E-state index in [2.05, 4.69) is 148 Å². The summed E-state index contributed by atoms with van der Waals surface area (Å²) < 4.78 is 1.32. The number of allylic oxidation sites excluding steroid dienone is 2. The second-order valence-electron chi connectivity index (χ2n) is 10.4. The number of benzene rings is 4. The van der Waals surface area contributed by atoms with Crippen molar-refractivity contribution < 1.29 is 20.4 Å². The minimum Gasteiger partial charge on any atom is -0.130 e. The molecule has 2 aliphatic rings. The van der Waals surface area contributed by atoms with Gasteiger partial charge < -0.3 is 0 Å². The summed E-state index contributed by atoms with van der Waals surface area (Å²) in [6.45, 7) is 10.1.